The van der Waals surface area contributed by atoms with Gasteiger partial charge in [0.15, 0.2) is 5.65 Å². The summed E-state index contributed by atoms with van der Waals surface area (Å²) in [6.45, 7) is 2.86. The number of benzene rings is 2. The smallest absolute Gasteiger partial charge is 0.238 e. The van der Waals surface area contributed by atoms with Crippen molar-refractivity contribution >= 4 is 22.8 Å². The largest absolute Gasteiger partial charge is 0.457 e. The van der Waals surface area contributed by atoms with Gasteiger partial charge in [-0.1, -0.05) is 37.3 Å². The molecule has 0 spiro atoms. The van der Waals surface area contributed by atoms with Crippen molar-refractivity contribution in [3.05, 3.63) is 67.1 Å². The Morgan fingerprint density at radius 2 is 1.71 bits per heavy atom. The van der Waals surface area contributed by atoms with Crippen molar-refractivity contribution in [2.24, 2.45) is 5.41 Å². The minimum Gasteiger partial charge on any atom is -0.457 e. The molecule has 0 saturated carbocycles. The van der Waals surface area contributed by atoms with E-state index in [0.29, 0.717) is 23.2 Å². The normalized spacial score (nSPS) is 11.5. The van der Waals surface area contributed by atoms with Crippen molar-refractivity contribution in [1.29, 1.82) is 0 Å². The molecule has 0 atom stereocenters. The molecule has 0 unspecified atom stereocenters. The Hall–Kier alpha value is -3.95. The van der Waals surface area contributed by atoms with E-state index in [-0.39, 0.29) is 31.5 Å². The van der Waals surface area contributed by atoms with Crippen LogP contribution in [0.1, 0.15) is 20.3 Å². The van der Waals surface area contributed by atoms with E-state index in [9.17, 15) is 15.0 Å². The van der Waals surface area contributed by atoms with Crippen molar-refractivity contribution in [2.45, 2.75) is 20.3 Å². The average Bonchev–Trinajstić information content (AvgIpc) is 3.27. The number of aromatic nitrogens is 3. The molecule has 0 bridgehead atoms. The molecule has 4 rings (SSSR count). The van der Waals surface area contributed by atoms with Crippen LogP contribution in [0.2, 0.25) is 0 Å². The predicted octanol–water partition coefficient (Wildman–Crippen LogP) is 3.34. The molecule has 1 amide bonds. The zero-order chi connectivity index (χ0) is 25.0. The fourth-order valence-electron chi connectivity index (χ4n) is 3.94. The van der Waals surface area contributed by atoms with Gasteiger partial charge < -0.3 is 20.7 Å². The number of nitrogens with two attached hydrogens (primary N) is 1. The summed E-state index contributed by atoms with van der Waals surface area (Å²) in [5.41, 5.74) is 7.42. The van der Waals surface area contributed by atoms with E-state index in [4.69, 9.17) is 10.5 Å². The SMILES string of the molecule is CCC(CO)(CO)CN(C(C)=O)n1cc(-c2ccc(Oc3ccccc3)cc2)c2c(N)ncnc21. The van der Waals surface area contributed by atoms with E-state index in [1.165, 1.54) is 18.3 Å². The number of nitrogens with zero attached hydrogens (tertiary/aromatic N) is 4. The molecule has 0 saturated heterocycles. The fraction of sp³-hybridized carbons (Fsp3) is 0.269. The number of para-hydroxylation sites is 1. The van der Waals surface area contributed by atoms with Gasteiger partial charge >= 0.3 is 0 Å². The first kappa shape index (κ1) is 24.2. The first-order valence-electron chi connectivity index (χ1n) is 11.4. The van der Waals surface area contributed by atoms with E-state index >= 15 is 0 Å². The number of nitrogen functional groups attached to an aromatic ring is 1. The quantitative estimate of drug-likeness (QED) is 0.339. The minimum atomic E-state index is -0.864. The van der Waals surface area contributed by atoms with Crippen molar-refractivity contribution in [2.75, 3.05) is 30.5 Å². The Morgan fingerprint density at radius 3 is 2.31 bits per heavy atom. The highest BCUT2D eigenvalue weighted by molar-refractivity contribution is 6.01. The monoisotopic (exact) mass is 475 g/mol. The lowest BCUT2D eigenvalue weighted by molar-refractivity contribution is -0.118. The summed E-state index contributed by atoms with van der Waals surface area (Å²) < 4.78 is 7.51. The number of carbonyl (C=O) groups excluding carboxylic acids is 1. The molecule has 0 radical (unpaired) electrons. The summed E-state index contributed by atoms with van der Waals surface area (Å²) in [7, 11) is 0. The van der Waals surface area contributed by atoms with Gasteiger partial charge in [0.05, 0.1) is 25.1 Å². The first-order valence-corrected chi connectivity index (χ1v) is 11.4. The summed E-state index contributed by atoms with van der Waals surface area (Å²) in [6, 6.07) is 17.0. The van der Waals surface area contributed by atoms with Crippen molar-refractivity contribution in [1.82, 2.24) is 14.6 Å². The van der Waals surface area contributed by atoms with Crippen LogP contribution >= 0.6 is 0 Å². The van der Waals surface area contributed by atoms with E-state index in [1.807, 2.05) is 61.5 Å². The molecular weight excluding hydrogens is 446 g/mol. The zero-order valence-corrected chi connectivity index (χ0v) is 19.8. The van der Waals surface area contributed by atoms with Gasteiger partial charge in [0.1, 0.15) is 23.6 Å². The van der Waals surface area contributed by atoms with Crippen molar-refractivity contribution in [3.63, 3.8) is 0 Å². The standard InChI is InChI=1S/C26H29N5O4/c1-3-26(15-32,16-33)14-31(18(2)34)30-13-22(23-24(27)28-17-29-25(23)30)19-9-11-21(12-10-19)35-20-7-5-4-6-8-20/h4-13,17,32-33H,3,14-16H2,1-2H3,(H2,27,28,29). The molecule has 9 heteroatoms. The van der Waals surface area contributed by atoms with Gasteiger partial charge in [-0.3, -0.25) is 4.79 Å². The summed E-state index contributed by atoms with van der Waals surface area (Å²) in [6.07, 6.45) is 3.60. The van der Waals surface area contributed by atoms with Crippen LogP contribution in [0.25, 0.3) is 22.2 Å². The van der Waals surface area contributed by atoms with Crippen LogP contribution in [0.5, 0.6) is 11.5 Å². The van der Waals surface area contributed by atoms with Gasteiger partial charge in [-0.2, -0.15) is 0 Å². The van der Waals surface area contributed by atoms with E-state index < -0.39 is 5.41 Å². The second kappa shape index (κ2) is 10.1. The second-order valence-electron chi connectivity index (χ2n) is 8.53. The Bertz CT molecular complexity index is 1290. The van der Waals surface area contributed by atoms with Crippen LogP contribution in [0.3, 0.4) is 0 Å². The molecular formula is C26H29N5O4. The van der Waals surface area contributed by atoms with Gasteiger partial charge in [0, 0.05) is 24.1 Å². The van der Waals surface area contributed by atoms with Crippen LogP contribution in [0.4, 0.5) is 5.82 Å². The maximum Gasteiger partial charge on any atom is 0.238 e. The summed E-state index contributed by atoms with van der Waals surface area (Å²) in [5, 5.41) is 22.0. The summed E-state index contributed by atoms with van der Waals surface area (Å²) in [5.74, 6) is 1.43. The van der Waals surface area contributed by atoms with Crippen LogP contribution in [-0.2, 0) is 4.79 Å². The summed E-state index contributed by atoms with van der Waals surface area (Å²) in [4.78, 5) is 21.3. The third-order valence-electron chi connectivity index (χ3n) is 6.27. The van der Waals surface area contributed by atoms with Crippen molar-refractivity contribution < 1.29 is 19.7 Å². The number of hydrogen-bond donors (Lipinski definition) is 3. The summed E-state index contributed by atoms with van der Waals surface area (Å²) >= 11 is 0. The predicted molar refractivity (Wildman–Crippen MR) is 135 cm³/mol. The fourth-order valence-corrected chi connectivity index (χ4v) is 3.94. The highest BCUT2D eigenvalue weighted by Gasteiger charge is 2.32. The number of amides is 1. The van der Waals surface area contributed by atoms with Crippen LogP contribution < -0.4 is 15.5 Å². The molecule has 4 N–H and O–H groups in total. The molecule has 35 heavy (non-hydrogen) atoms. The van der Waals surface area contributed by atoms with E-state index in [0.717, 1.165) is 16.9 Å². The van der Waals surface area contributed by atoms with Gasteiger partial charge in [0.25, 0.3) is 0 Å². The Morgan fingerprint density at radius 1 is 1.06 bits per heavy atom. The number of anilines is 1. The average molecular weight is 476 g/mol. The van der Waals surface area contributed by atoms with Crippen LogP contribution in [0, 0.1) is 5.41 Å². The number of aliphatic hydroxyl groups excluding tert-OH is 2. The second-order valence-corrected chi connectivity index (χ2v) is 8.53. The number of rotatable bonds is 9. The number of aliphatic hydroxyl groups is 2. The van der Waals surface area contributed by atoms with Gasteiger partial charge in [-0.25, -0.2) is 19.7 Å². The Labute approximate surface area is 203 Å². The lowest BCUT2D eigenvalue weighted by Gasteiger charge is -2.35. The molecule has 182 valence electrons. The minimum absolute atomic E-state index is 0.100. The van der Waals surface area contributed by atoms with Gasteiger partial charge in [0.2, 0.25) is 5.91 Å². The van der Waals surface area contributed by atoms with Crippen LogP contribution in [0.15, 0.2) is 67.1 Å². The topological polar surface area (TPSA) is 127 Å². The molecule has 2 aromatic heterocycles. The highest BCUT2D eigenvalue weighted by atomic mass is 16.5. The molecule has 0 fully saturated rings. The first-order chi connectivity index (χ1) is 16.9. The third-order valence-corrected chi connectivity index (χ3v) is 6.27. The van der Waals surface area contributed by atoms with Gasteiger partial charge in [-0.15, -0.1) is 0 Å². The maximum absolute atomic E-state index is 12.7. The van der Waals surface area contributed by atoms with E-state index in [1.54, 1.807) is 10.9 Å². The zero-order valence-electron chi connectivity index (χ0n) is 19.8. The van der Waals surface area contributed by atoms with Crippen LogP contribution in [-0.4, -0.2) is 50.5 Å². The lowest BCUT2D eigenvalue weighted by Crippen LogP contribution is -2.49. The third kappa shape index (κ3) is 4.82. The molecule has 0 aliphatic rings. The number of hydrogen-bond acceptors (Lipinski definition) is 7. The van der Waals surface area contributed by atoms with E-state index in [2.05, 4.69) is 9.97 Å². The number of ether oxygens (including phenoxy) is 1. The maximum atomic E-state index is 12.7. The number of carbonyl (C=O) groups is 1. The molecule has 0 aliphatic carbocycles. The molecule has 9 nitrogen and oxygen atoms in total. The highest BCUT2D eigenvalue weighted by Crippen LogP contribution is 2.35. The molecule has 2 heterocycles. The number of fused-ring (bicyclic) bond motifs is 1. The molecule has 0 aliphatic heterocycles. The van der Waals surface area contributed by atoms with Crippen molar-refractivity contribution in [3.8, 4) is 22.6 Å². The molecule has 4 aromatic rings. The Kier molecular flexibility index (Phi) is 6.99. The molecule has 2 aromatic carbocycles. The lowest BCUT2D eigenvalue weighted by atomic mass is 9.87. The van der Waals surface area contributed by atoms with Gasteiger partial charge in [-0.05, 0) is 36.2 Å². The Balaban J connectivity index is 1.77.